The Bertz CT molecular complexity index is 465. The third-order valence-corrected chi connectivity index (χ3v) is 4.21. The average molecular weight is 296 g/mol. The van der Waals surface area contributed by atoms with E-state index in [2.05, 4.69) is 70.8 Å². The summed E-state index contributed by atoms with van der Waals surface area (Å²) >= 11 is 5.35. The normalized spacial score (nSPS) is 12.4. The van der Waals surface area contributed by atoms with Crippen LogP contribution in [-0.2, 0) is 0 Å². The number of thiophene rings is 1. The lowest BCUT2D eigenvalue weighted by Crippen LogP contribution is -2.05. The minimum atomic E-state index is 0.345. The van der Waals surface area contributed by atoms with Crippen LogP contribution < -0.4 is 5.32 Å². The highest BCUT2D eigenvalue weighted by Crippen LogP contribution is 2.28. The number of benzene rings is 1. The van der Waals surface area contributed by atoms with Crippen LogP contribution in [0.2, 0.25) is 0 Å². The average Bonchev–Trinajstić information content (AvgIpc) is 2.76. The molecule has 0 bridgehead atoms. The molecule has 2 aromatic rings. The van der Waals surface area contributed by atoms with Crippen molar-refractivity contribution in [2.45, 2.75) is 19.9 Å². The van der Waals surface area contributed by atoms with Crippen molar-refractivity contribution in [2.24, 2.45) is 0 Å². The molecule has 1 aromatic heterocycles. The van der Waals surface area contributed by atoms with E-state index in [1.54, 1.807) is 11.3 Å². The van der Waals surface area contributed by atoms with Crippen molar-refractivity contribution < 1.29 is 0 Å². The summed E-state index contributed by atoms with van der Waals surface area (Å²) in [7, 11) is 0. The summed E-state index contributed by atoms with van der Waals surface area (Å²) in [5, 5.41) is 5.63. The Kier molecular flexibility index (Phi) is 3.66. The molecule has 0 amide bonds. The second kappa shape index (κ2) is 5.02. The van der Waals surface area contributed by atoms with E-state index in [9.17, 15) is 0 Å². The quantitative estimate of drug-likeness (QED) is 0.841. The van der Waals surface area contributed by atoms with E-state index < -0.39 is 0 Å². The first-order chi connectivity index (χ1) is 7.66. The molecule has 0 aliphatic carbocycles. The van der Waals surface area contributed by atoms with Crippen molar-refractivity contribution in [2.75, 3.05) is 5.32 Å². The molecule has 0 aliphatic rings. The van der Waals surface area contributed by atoms with Gasteiger partial charge in [0.1, 0.15) is 0 Å². The molecule has 0 saturated carbocycles. The maximum absolute atomic E-state index is 3.56. The number of halogens is 1. The SMILES string of the molecule is Cc1ccc(Br)c(NC(C)c2cccs2)c1. The van der Waals surface area contributed by atoms with Crippen LogP contribution in [-0.4, -0.2) is 0 Å². The van der Waals surface area contributed by atoms with Gasteiger partial charge < -0.3 is 5.32 Å². The monoisotopic (exact) mass is 295 g/mol. The third-order valence-electron chi connectivity index (χ3n) is 2.46. The van der Waals surface area contributed by atoms with Gasteiger partial charge in [-0.25, -0.2) is 0 Å². The molecule has 1 unspecified atom stereocenters. The molecule has 16 heavy (non-hydrogen) atoms. The van der Waals surface area contributed by atoms with Gasteiger partial charge in [-0.15, -0.1) is 11.3 Å². The smallest absolute Gasteiger partial charge is 0.0578 e. The van der Waals surface area contributed by atoms with Gasteiger partial charge in [0.15, 0.2) is 0 Å². The van der Waals surface area contributed by atoms with E-state index in [1.807, 2.05) is 0 Å². The summed E-state index contributed by atoms with van der Waals surface area (Å²) < 4.78 is 1.11. The topological polar surface area (TPSA) is 12.0 Å². The standard InChI is InChI=1S/C13H14BrNS/c1-9-5-6-11(14)12(8-9)15-10(2)13-4-3-7-16-13/h3-8,10,15H,1-2H3. The summed E-state index contributed by atoms with van der Waals surface area (Å²) in [6.45, 7) is 4.29. The molecule has 1 N–H and O–H groups in total. The van der Waals surface area contributed by atoms with Gasteiger partial charge in [0.05, 0.1) is 6.04 Å². The molecule has 1 nitrogen and oxygen atoms in total. The largest absolute Gasteiger partial charge is 0.377 e. The third kappa shape index (κ3) is 2.66. The zero-order valence-corrected chi connectivity index (χ0v) is 11.7. The summed E-state index contributed by atoms with van der Waals surface area (Å²) in [5.41, 5.74) is 2.42. The summed E-state index contributed by atoms with van der Waals surface area (Å²) in [5.74, 6) is 0. The predicted octanol–water partition coefficient (Wildman–Crippen LogP) is 4.99. The summed E-state index contributed by atoms with van der Waals surface area (Å²) in [6.07, 6.45) is 0. The van der Waals surface area contributed by atoms with Gasteiger partial charge in [-0.1, -0.05) is 12.1 Å². The van der Waals surface area contributed by atoms with E-state index in [0.717, 1.165) is 10.2 Å². The minimum Gasteiger partial charge on any atom is -0.377 e. The fourth-order valence-electron chi connectivity index (χ4n) is 1.59. The van der Waals surface area contributed by atoms with Gasteiger partial charge in [-0.3, -0.25) is 0 Å². The molecule has 3 heteroatoms. The van der Waals surface area contributed by atoms with Crippen LogP contribution in [0, 0.1) is 6.92 Å². The van der Waals surface area contributed by atoms with Crippen molar-refractivity contribution in [3.8, 4) is 0 Å². The molecule has 0 fully saturated rings. The van der Waals surface area contributed by atoms with Gasteiger partial charge in [0.2, 0.25) is 0 Å². The number of rotatable bonds is 3. The molecule has 0 spiro atoms. The number of hydrogen-bond donors (Lipinski definition) is 1. The first kappa shape index (κ1) is 11.7. The molecule has 0 saturated heterocycles. The van der Waals surface area contributed by atoms with E-state index in [-0.39, 0.29) is 0 Å². The van der Waals surface area contributed by atoms with Crippen molar-refractivity contribution in [1.82, 2.24) is 0 Å². The molecular weight excluding hydrogens is 282 g/mol. The summed E-state index contributed by atoms with van der Waals surface area (Å²) in [4.78, 5) is 1.36. The van der Waals surface area contributed by atoms with Crippen molar-refractivity contribution >= 4 is 33.0 Å². The lowest BCUT2D eigenvalue weighted by molar-refractivity contribution is 0.906. The van der Waals surface area contributed by atoms with E-state index in [1.165, 1.54) is 10.4 Å². The maximum atomic E-state index is 3.56. The second-order valence-electron chi connectivity index (χ2n) is 3.86. The molecule has 0 aliphatic heterocycles. The maximum Gasteiger partial charge on any atom is 0.0578 e. The zero-order chi connectivity index (χ0) is 11.5. The fraction of sp³-hybridized carbons (Fsp3) is 0.231. The Morgan fingerprint density at radius 3 is 2.81 bits per heavy atom. The highest BCUT2D eigenvalue weighted by atomic mass is 79.9. The van der Waals surface area contributed by atoms with Crippen LogP contribution in [0.15, 0.2) is 40.2 Å². The van der Waals surface area contributed by atoms with Crippen molar-refractivity contribution in [3.05, 3.63) is 50.6 Å². The molecule has 84 valence electrons. The number of nitrogens with one attached hydrogen (secondary N) is 1. The van der Waals surface area contributed by atoms with Gasteiger partial charge in [0.25, 0.3) is 0 Å². The van der Waals surface area contributed by atoms with Gasteiger partial charge >= 0.3 is 0 Å². The Labute approximate surface area is 109 Å². The number of hydrogen-bond acceptors (Lipinski definition) is 2. The summed E-state index contributed by atoms with van der Waals surface area (Å²) in [6, 6.07) is 10.9. The highest BCUT2D eigenvalue weighted by Gasteiger charge is 2.08. The Hall–Kier alpha value is -0.800. The number of anilines is 1. The molecular formula is C13H14BrNS. The van der Waals surface area contributed by atoms with E-state index in [0.29, 0.717) is 6.04 Å². The molecule has 1 heterocycles. The zero-order valence-electron chi connectivity index (χ0n) is 9.33. The highest BCUT2D eigenvalue weighted by molar-refractivity contribution is 9.10. The molecule has 0 radical (unpaired) electrons. The Balaban J connectivity index is 2.17. The lowest BCUT2D eigenvalue weighted by atomic mass is 10.2. The van der Waals surface area contributed by atoms with Crippen LogP contribution in [0.3, 0.4) is 0 Å². The predicted molar refractivity (Wildman–Crippen MR) is 75.2 cm³/mol. The molecule has 2 rings (SSSR count). The van der Waals surface area contributed by atoms with Crippen LogP contribution >= 0.6 is 27.3 Å². The van der Waals surface area contributed by atoms with Crippen molar-refractivity contribution in [1.29, 1.82) is 0 Å². The van der Waals surface area contributed by atoms with Crippen LogP contribution in [0.4, 0.5) is 5.69 Å². The first-order valence-corrected chi connectivity index (χ1v) is 6.90. The van der Waals surface area contributed by atoms with Gasteiger partial charge in [0, 0.05) is 15.0 Å². The second-order valence-corrected chi connectivity index (χ2v) is 5.70. The first-order valence-electron chi connectivity index (χ1n) is 5.23. The van der Waals surface area contributed by atoms with Crippen LogP contribution in [0.25, 0.3) is 0 Å². The number of aryl methyl sites for hydroxylation is 1. The van der Waals surface area contributed by atoms with Gasteiger partial charge in [-0.2, -0.15) is 0 Å². The van der Waals surface area contributed by atoms with Gasteiger partial charge in [-0.05, 0) is 58.9 Å². The molecule has 1 aromatic carbocycles. The van der Waals surface area contributed by atoms with Crippen LogP contribution in [0.5, 0.6) is 0 Å². The van der Waals surface area contributed by atoms with E-state index >= 15 is 0 Å². The minimum absolute atomic E-state index is 0.345. The lowest BCUT2D eigenvalue weighted by Gasteiger charge is -2.15. The Morgan fingerprint density at radius 1 is 1.31 bits per heavy atom. The fourth-order valence-corrected chi connectivity index (χ4v) is 2.69. The van der Waals surface area contributed by atoms with E-state index in [4.69, 9.17) is 0 Å². The van der Waals surface area contributed by atoms with Crippen LogP contribution in [0.1, 0.15) is 23.4 Å². The molecule has 1 atom stereocenters. The van der Waals surface area contributed by atoms with Crippen molar-refractivity contribution in [3.63, 3.8) is 0 Å². The Morgan fingerprint density at radius 2 is 2.12 bits per heavy atom.